The highest BCUT2D eigenvalue weighted by atomic mass is 16.7. The number of ether oxygens (including phenoxy) is 1. The van der Waals surface area contributed by atoms with E-state index in [0.29, 0.717) is 17.9 Å². The Labute approximate surface area is 140 Å². The fraction of sp³-hybridized carbons (Fsp3) is 0.438. The third-order valence-electron chi connectivity index (χ3n) is 4.86. The summed E-state index contributed by atoms with van der Waals surface area (Å²) in [7, 11) is 2.88. The molecule has 0 saturated carbocycles. The quantitative estimate of drug-likeness (QED) is 0.412. The van der Waals surface area contributed by atoms with E-state index in [4.69, 9.17) is 14.0 Å². The van der Waals surface area contributed by atoms with Crippen LogP contribution in [-0.2, 0) is 23.6 Å². The molecule has 2 N–H and O–H groups in total. The molecule has 3 unspecified atom stereocenters. The van der Waals surface area contributed by atoms with Gasteiger partial charge in [-0.3, -0.25) is 5.32 Å². The van der Waals surface area contributed by atoms with E-state index in [1.54, 1.807) is 0 Å². The average molecular weight is 330 g/mol. The van der Waals surface area contributed by atoms with E-state index in [2.05, 4.69) is 12.4 Å². The van der Waals surface area contributed by atoms with Crippen LogP contribution in [0.5, 0.6) is 0 Å². The molecule has 1 spiro atoms. The van der Waals surface area contributed by atoms with Crippen molar-refractivity contribution in [3.05, 3.63) is 42.9 Å². The topological polar surface area (TPSA) is 81.6 Å². The van der Waals surface area contributed by atoms with Crippen LogP contribution >= 0.6 is 0 Å². The molecule has 0 radical (unpaired) electrons. The fourth-order valence-corrected chi connectivity index (χ4v) is 3.47. The highest BCUT2D eigenvalue weighted by Crippen LogP contribution is 2.41. The first kappa shape index (κ1) is 15.6. The standard InChI is InChI=1S/C16H19BN2O5/c1-19-10-12(20)23-17(24-15(21)16(19)8-5-9-18-16)14-13(22-14)11-6-3-2-4-7-11/h2-4,6-7,13-14,18-19H,1,5,8-10H2/t13?,14?,16-/m1/s1. The maximum absolute atomic E-state index is 12.7. The normalized spacial score (nSPS) is 36.0. The van der Waals surface area contributed by atoms with Gasteiger partial charge in [-0.2, -0.15) is 0 Å². The number of carbonyl (C=O) groups is 2. The number of nitrogens with one attached hydrogen (secondary N) is 2. The molecule has 3 fully saturated rings. The molecule has 1 aromatic rings. The number of carbonyl (C=O) groups excluding carboxylic acids is 2. The smallest absolute Gasteiger partial charge is 0.493 e. The van der Waals surface area contributed by atoms with Crippen molar-refractivity contribution in [2.45, 2.75) is 30.6 Å². The van der Waals surface area contributed by atoms with Crippen LogP contribution < -0.4 is 10.2 Å². The zero-order valence-electron chi connectivity index (χ0n) is 13.2. The number of hydrogen-bond donors (Lipinski definition) is 2. The van der Waals surface area contributed by atoms with Gasteiger partial charge in [0.2, 0.25) is 5.66 Å². The van der Waals surface area contributed by atoms with Gasteiger partial charge in [0, 0.05) is 13.0 Å². The Morgan fingerprint density at radius 3 is 2.75 bits per heavy atom. The number of hydrogen-bond acceptors (Lipinski definition) is 6. The first-order chi connectivity index (χ1) is 11.6. The van der Waals surface area contributed by atoms with Crippen LogP contribution in [-0.4, -0.2) is 43.8 Å². The van der Waals surface area contributed by atoms with Crippen LogP contribution in [0.2, 0.25) is 0 Å². The fourth-order valence-electron chi connectivity index (χ4n) is 3.47. The van der Waals surface area contributed by atoms with Crippen LogP contribution in [0, 0.1) is 7.05 Å². The maximum Gasteiger partial charge on any atom is 0.633 e. The molecule has 3 aliphatic rings. The largest absolute Gasteiger partial charge is 0.633 e. The second-order valence-corrected chi connectivity index (χ2v) is 6.41. The molecule has 24 heavy (non-hydrogen) atoms. The zero-order chi connectivity index (χ0) is 16.7. The minimum atomic E-state index is -1.03. The third-order valence-corrected chi connectivity index (χ3v) is 4.86. The number of rotatable bonds is 2. The van der Waals surface area contributed by atoms with E-state index < -0.39 is 30.7 Å². The molecule has 0 bridgehead atoms. The lowest BCUT2D eigenvalue weighted by molar-refractivity contribution is -0.895. The number of quaternary nitrogens is 1. The predicted molar refractivity (Wildman–Crippen MR) is 83.1 cm³/mol. The Morgan fingerprint density at radius 1 is 1.25 bits per heavy atom. The van der Waals surface area contributed by atoms with E-state index in [1.165, 1.54) is 0 Å². The van der Waals surface area contributed by atoms with Crippen LogP contribution in [0.25, 0.3) is 0 Å². The van der Waals surface area contributed by atoms with Crippen LogP contribution in [0.1, 0.15) is 24.5 Å². The van der Waals surface area contributed by atoms with Gasteiger partial charge in [0.1, 0.15) is 6.10 Å². The first-order valence-electron chi connectivity index (χ1n) is 8.14. The van der Waals surface area contributed by atoms with E-state index in [0.717, 1.165) is 12.0 Å². The van der Waals surface area contributed by atoms with Gasteiger partial charge in [-0.15, -0.1) is 7.05 Å². The summed E-state index contributed by atoms with van der Waals surface area (Å²) in [5.74, 6) is -0.891. The van der Waals surface area contributed by atoms with Crippen LogP contribution in [0.4, 0.5) is 0 Å². The molecule has 8 heteroatoms. The molecule has 3 heterocycles. The molecule has 4 atom stereocenters. The van der Waals surface area contributed by atoms with Crippen molar-refractivity contribution in [2.24, 2.45) is 0 Å². The highest BCUT2D eigenvalue weighted by Gasteiger charge is 2.60. The molecule has 3 saturated heterocycles. The van der Waals surface area contributed by atoms with Crippen molar-refractivity contribution < 1.29 is 28.5 Å². The first-order valence-corrected chi connectivity index (χ1v) is 8.14. The van der Waals surface area contributed by atoms with Gasteiger partial charge >= 0.3 is 19.1 Å². The Morgan fingerprint density at radius 2 is 2.04 bits per heavy atom. The third kappa shape index (κ3) is 2.60. The van der Waals surface area contributed by atoms with Crippen LogP contribution in [0.15, 0.2) is 30.3 Å². The second-order valence-electron chi connectivity index (χ2n) is 6.41. The summed E-state index contributed by atoms with van der Waals surface area (Å²) in [6.07, 6.45) is 1.19. The Bertz CT molecular complexity index is 649. The molecule has 3 aliphatic heterocycles. The molecule has 1 aromatic carbocycles. The monoisotopic (exact) mass is 330 g/mol. The molecule has 0 aromatic heterocycles. The van der Waals surface area contributed by atoms with Crippen molar-refractivity contribution in [3.63, 3.8) is 0 Å². The lowest BCUT2D eigenvalue weighted by Crippen LogP contribution is -3.20. The van der Waals surface area contributed by atoms with Gasteiger partial charge in [0.25, 0.3) is 0 Å². The lowest BCUT2D eigenvalue weighted by atomic mass is 9.80. The average Bonchev–Trinajstić information content (AvgIpc) is 3.21. The number of benzene rings is 1. The van der Waals surface area contributed by atoms with Gasteiger partial charge in [-0.25, -0.2) is 9.59 Å². The minimum absolute atomic E-state index is 0.00131. The molecule has 126 valence electrons. The van der Waals surface area contributed by atoms with Crippen LogP contribution in [0.3, 0.4) is 0 Å². The summed E-state index contributed by atoms with van der Waals surface area (Å²) in [6.45, 7) is 0.696. The van der Waals surface area contributed by atoms with Crippen molar-refractivity contribution in [1.29, 1.82) is 0 Å². The summed E-state index contributed by atoms with van der Waals surface area (Å²) < 4.78 is 16.4. The Balaban J connectivity index is 1.53. The molecule has 7 nitrogen and oxygen atoms in total. The second kappa shape index (κ2) is 5.88. The van der Waals surface area contributed by atoms with E-state index in [1.807, 2.05) is 30.3 Å². The van der Waals surface area contributed by atoms with Crippen molar-refractivity contribution in [1.82, 2.24) is 5.32 Å². The SMILES string of the molecule is [CH2-][NH+]1CC(=O)OB(C2OC2c2ccccc2)OC(=O)[C@@]12CCCN2. The summed E-state index contributed by atoms with van der Waals surface area (Å²) in [5.41, 5.74) is -0.00998. The van der Waals surface area contributed by atoms with Gasteiger partial charge < -0.3 is 18.9 Å². The van der Waals surface area contributed by atoms with E-state index in [9.17, 15) is 9.59 Å². The summed E-state index contributed by atoms with van der Waals surface area (Å²) in [5, 5.41) is 3.16. The van der Waals surface area contributed by atoms with E-state index >= 15 is 0 Å². The zero-order valence-corrected chi connectivity index (χ0v) is 13.2. The number of epoxide rings is 1. The van der Waals surface area contributed by atoms with Crippen molar-refractivity contribution in [3.8, 4) is 0 Å². The highest BCUT2D eigenvalue weighted by molar-refractivity contribution is 6.51. The lowest BCUT2D eigenvalue weighted by Gasteiger charge is -2.39. The molecular weight excluding hydrogens is 311 g/mol. The maximum atomic E-state index is 12.7. The summed E-state index contributed by atoms with van der Waals surface area (Å²) in [4.78, 5) is 25.3. The molecule has 0 aliphatic carbocycles. The van der Waals surface area contributed by atoms with Gasteiger partial charge in [-0.05, 0) is 12.0 Å². The molecular formula is C16H19BN2O5. The van der Waals surface area contributed by atoms with Gasteiger partial charge in [0.05, 0.1) is 0 Å². The minimum Gasteiger partial charge on any atom is -0.493 e. The molecule has 4 rings (SSSR count). The van der Waals surface area contributed by atoms with Gasteiger partial charge in [0.15, 0.2) is 12.5 Å². The van der Waals surface area contributed by atoms with E-state index in [-0.39, 0.29) is 12.6 Å². The van der Waals surface area contributed by atoms with Crippen molar-refractivity contribution >= 4 is 19.1 Å². The Kier molecular flexibility index (Phi) is 3.82. The van der Waals surface area contributed by atoms with Gasteiger partial charge in [-0.1, -0.05) is 30.3 Å². The summed E-state index contributed by atoms with van der Waals surface area (Å²) >= 11 is 0. The Hall–Kier alpha value is -1.90. The summed E-state index contributed by atoms with van der Waals surface area (Å²) in [6, 6.07) is 9.12. The predicted octanol–water partition coefficient (Wildman–Crippen LogP) is -0.990. The van der Waals surface area contributed by atoms with Crippen molar-refractivity contribution in [2.75, 3.05) is 13.1 Å². The molecule has 0 amide bonds.